The Bertz CT molecular complexity index is 1960. The SMILES string of the molecule is Cc1nc2ccccc2c2c1O[C@]1(CC2)C[C@H]2C(=O)N[C@]3(C(=O)NS(=O)(=O)C4(C)CC4)C[C@H]3/C=C\CCCCC[C@H](NC(=O)OCC(C)C)C(=O)N2C1. The van der Waals surface area contributed by atoms with E-state index in [2.05, 4.69) is 15.4 Å². The van der Waals surface area contributed by atoms with Crippen molar-refractivity contribution < 1.29 is 37.1 Å². The topological polar surface area (TPSA) is 173 Å². The maximum Gasteiger partial charge on any atom is 0.407 e. The number of benzene rings is 1. The van der Waals surface area contributed by atoms with E-state index in [1.807, 2.05) is 57.2 Å². The van der Waals surface area contributed by atoms with Crippen molar-refractivity contribution >= 4 is 44.7 Å². The van der Waals surface area contributed by atoms with Crippen molar-refractivity contribution in [2.45, 2.75) is 126 Å². The van der Waals surface area contributed by atoms with Gasteiger partial charge in [0.25, 0.3) is 5.91 Å². The number of carbonyl (C=O) groups is 4. The Morgan fingerprint density at radius 3 is 2.64 bits per heavy atom. The lowest BCUT2D eigenvalue weighted by Gasteiger charge is -2.36. The number of alkyl carbamates (subject to hydrolysis) is 1. The molecule has 3 N–H and O–H groups in total. The highest BCUT2D eigenvalue weighted by Gasteiger charge is 2.64. The second kappa shape index (κ2) is 13.9. The molecule has 1 aromatic carbocycles. The van der Waals surface area contributed by atoms with Gasteiger partial charge in [-0.1, -0.05) is 57.0 Å². The first-order valence-electron chi connectivity index (χ1n) is 19.0. The molecular weight excluding hydrogens is 699 g/mol. The monoisotopic (exact) mass is 749 g/mol. The number of pyridine rings is 1. The normalized spacial score (nSPS) is 30.1. The third-order valence-corrected chi connectivity index (χ3v) is 13.9. The minimum Gasteiger partial charge on any atom is -0.483 e. The van der Waals surface area contributed by atoms with E-state index in [-0.39, 0.29) is 31.9 Å². The molecule has 0 bridgehead atoms. The maximum absolute atomic E-state index is 14.6. The van der Waals surface area contributed by atoms with Crippen LogP contribution in [0.25, 0.3) is 10.9 Å². The zero-order valence-electron chi connectivity index (χ0n) is 31.0. The van der Waals surface area contributed by atoms with Crippen LogP contribution in [0, 0.1) is 18.8 Å². The first-order valence-corrected chi connectivity index (χ1v) is 20.5. The van der Waals surface area contributed by atoms with Crippen LogP contribution in [0.4, 0.5) is 4.79 Å². The molecule has 286 valence electrons. The van der Waals surface area contributed by atoms with Gasteiger partial charge in [0, 0.05) is 23.3 Å². The summed E-state index contributed by atoms with van der Waals surface area (Å²) in [5, 5.41) is 6.73. The fraction of sp³-hybridized carbons (Fsp3) is 0.615. The highest BCUT2D eigenvalue weighted by Crippen LogP contribution is 2.49. The van der Waals surface area contributed by atoms with Crippen molar-refractivity contribution in [3.05, 3.63) is 47.7 Å². The Hall–Kier alpha value is -4.20. The van der Waals surface area contributed by atoms with Crippen LogP contribution in [0.15, 0.2) is 36.4 Å². The lowest BCUT2D eigenvalue weighted by Crippen LogP contribution is -2.58. The van der Waals surface area contributed by atoms with E-state index in [1.54, 1.807) is 6.92 Å². The maximum atomic E-state index is 14.6. The van der Waals surface area contributed by atoms with Crippen molar-refractivity contribution in [1.29, 1.82) is 0 Å². The van der Waals surface area contributed by atoms with Crippen LogP contribution in [-0.4, -0.2) is 83.2 Å². The molecule has 7 rings (SSSR count). The molecule has 1 aromatic heterocycles. The summed E-state index contributed by atoms with van der Waals surface area (Å²) in [7, 11) is -3.97. The van der Waals surface area contributed by atoms with Gasteiger partial charge in [0.15, 0.2) is 0 Å². The lowest BCUT2D eigenvalue weighted by atomic mass is 9.87. The Morgan fingerprint density at radius 1 is 1.11 bits per heavy atom. The number of fused-ring (bicyclic) bond motifs is 5. The van der Waals surface area contributed by atoms with Crippen LogP contribution < -0.4 is 20.1 Å². The first-order chi connectivity index (χ1) is 25.2. The minimum atomic E-state index is -3.97. The zero-order chi connectivity index (χ0) is 37.8. The fourth-order valence-electron chi connectivity index (χ4n) is 8.07. The Morgan fingerprint density at radius 2 is 1.89 bits per heavy atom. The largest absolute Gasteiger partial charge is 0.483 e. The Kier molecular flexibility index (Phi) is 9.73. The second-order valence-electron chi connectivity index (χ2n) is 16.4. The van der Waals surface area contributed by atoms with Crippen LogP contribution >= 0.6 is 0 Å². The highest BCUT2D eigenvalue weighted by molar-refractivity contribution is 7.91. The predicted octanol–water partition coefficient (Wildman–Crippen LogP) is 4.35. The standard InChI is InChI=1S/C39H51N5O8S/c1-24(2)22-51-36(48)41-30-15-9-7-5-6-8-12-26-20-39(26,35(47)43-53(49,50)37(4)18-19-37)42-33(45)31-21-38(23-44(31)34(30)46)17-16-28-27-13-10-11-14-29(27)40-25(3)32(28)52-38/h8,10-14,24,26,30-31H,5-7,9,15-23H2,1-4H3,(H,41,48)(H,42,45)(H,43,47)/b12-8-/t26-,30+,31+,38-,39-/m1/s1. The second-order valence-corrected chi connectivity index (χ2v) is 18.6. The number of aryl methyl sites for hydroxylation is 2. The van der Waals surface area contributed by atoms with Gasteiger partial charge in [-0.2, -0.15) is 0 Å². The molecule has 14 heteroatoms. The molecular formula is C39H51N5O8S. The van der Waals surface area contributed by atoms with Crippen molar-refractivity contribution in [1.82, 2.24) is 25.2 Å². The van der Waals surface area contributed by atoms with Gasteiger partial charge in [0.05, 0.1) is 29.1 Å². The molecule has 13 nitrogen and oxygen atoms in total. The summed E-state index contributed by atoms with van der Waals surface area (Å²) in [6.45, 7) is 7.60. The number of nitrogens with one attached hydrogen (secondary N) is 3. The van der Waals surface area contributed by atoms with Crippen LogP contribution in [0.1, 0.15) is 96.2 Å². The van der Waals surface area contributed by atoms with Crippen LogP contribution in [-0.2, 0) is 35.6 Å². The third-order valence-electron chi connectivity index (χ3n) is 11.7. The van der Waals surface area contributed by atoms with Gasteiger partial charge in [-0.15, -0.1) is 0 Å². The number of ether oxygens (including phenoxy) is 2. The van der Waals surface area contributed by atoms with Gasteiger partial charge in [-0.05, 0) is 77.2 Å². The van der Waals surface area contributed by atoms with Crippen LogP contribution in [0.5, 0.6) is 5.75 Å². The molecule has 5 aliphatic rings. The summed E-state index contributed by atoms with van der Waals surface area (Å²) in [6, 6.07) is 5.86. The molecule has 5 atom stereocenters. The van der Waals surface area contributed by atoms with Gasteiger partial charge < -0.3 is 25.0 Å². The molecule has 3 fully saturated rings. The zero-order valence-corrected chi connectivity index (χ0v) is 31.9. The number of amides is 4. The van der Waals surface area contributed by atoms with Crippen LogP contribution in [0.3, 0.4) is 0 Å². The number of para-hydroxylation sites is 1. The number of aromatic nitrogens is 1. The Balaban J connectivity index is 1.22. The van der Waals surface area contributed by atoms with E-state index >= 15 is 0 Å². The number of hydrogen-bond donors (Lipinski definition) is 3. The van der Waals surface area contributed by atoms with E-state index < -0.39 is 67.7 Å². The summed E-state index contributed by atoms with van der Waals surface area (Å²) in [4.78, 5) is 62.3. The van der Waals surface area contributed by atoms with Crippen molar-refractivity contribution in [2.24, 2.45) is 11.8 Å². The van der Waals surface area contributed by atoms with Crippen LogP contribution in [0.2, 0.25) is 0 Å². The van der Waals surface area contributed by atoms with Gasteiger partial charge in [0.2, 0.25) is 21.8 Å². The molecule has 2 aliphatic carbocycles. The van der Waals surface area contributed by atoms with Crippen molar-refractivity contribution in [3.8, 4) is 5.75 Å². The molecule has 2 saturated carbocycles. The fourth-order valence-corrected chi connectivity index (χ4v) is 9.38. The van der Waals surface area contributed by atoms with Crippen molar-refractivity contribution in [3.63, 3.8) is 0 Å². The number of rotatable bonds is 6. The average Bonchev–Trinajstić information content (AvgIpc) is 4.01. The molecule has 3 aliphatic heterocycles. The number of allylic oxidation sites excluding steroid dienone is 1. The lowest BCUT2D eigenvalue weighted by molar-refractivity contribution is -0.141. The molecule has 53 heavy (non-hydrogen) atoms. The molecule has 0 radical (unpaired) electrons. The highest BCUT2D eigenvalue weighted by atomic mass is 32.2. The van der Waals surface area contributed by atoms with Gasteiger partial charge in [-0.25, -0.2) is 18.2 Å². The minimum absolute atomic E-state index is 0.0735. The summed E-state index contributed by atoms with van der Waals surface area (Å²) >= 11 is 0. The molecule has 4 amide bonds. The van der Waals surface area contributed by atoms with Crippen molar-refractivity contribution in [2.75, 3.05) is 13.2 Å². The average molecular weight is 750 g/mol. The number of hydrogen-bond acceptors (Lipinski definition) is 9. The predicted molar refractivity (Wildman–Crippen MR) is 197 cm³/mol. The van der Waals surface area contributed by atoms with E-state index in [0.29, 0.717) is 56.4 Å². The number of sulfonamides is 1. The molecule has 1 saturated heterocycles. The van der Waals surface area contributed by atoms with Gasteiger partial charge in [0.1, 0.15) is 29.0 Å². The summed E-state index contributed by atoms with van der Waals surface area (Å²) < 4.78 is 39.9. The summed E-state index contributed by atoms with van der Waals surface area (Å²) in [5.41, 5.74) is 0.161. The van der Waals surface area contributed by atoms with Gasteiger partial charge in [-0.3, -0.25) is 19.1 Å². The third kappa shape index (κ3) is 7.23. The van der Waals surface area contributed by atoms with E-state index in [0.717, 1.165) is 29.3 Å². The summed E-state index contributed by atoms with van der Waals surface area (Å²) in [6.07, 6.45) is 8.88. The smallest absolute Gasteiger partial charge is 0.407 e. The molecule has 2 aromatic rings. The van der Waals surface area contributed by atoms with E-state index in [4.69, 9.17) is 14.5 Å². The first kappa shape index (κ1) is 37.1. The van der Waals surface area contributed by atoms with Gasteiger partial charge >= 0.3 is 6.09 Å². The molecule has 4 heterocycles. The Labute approximate surface area is 311 Å². The van der Waals surface area contributed by atoms with E-state index in [9.17, 15) is 27.6 Å². The quantitative estimate of drug-likeness (QED) is 0.363. The number of nitrogens with zero attached hydrogens (tertiary/aromatic N) is 2. The van der Waals surface area contributed by atoms with E-state index in [1.165, 1.54) is 4.90 Å². The molecule has 1 spiro atoms. The summed E-state index contributed by atoms with van der Waals surface area (Å²) in [5.74, 6) is -1.46. The molecule has 0 unspecified atom stereocenters. The number of carbonyl (C=O) groups excluding carboxylic acids is 4.